The molecule has 0 radical (unpaired) electrons. The SMILES string of the molecule is c1ccc(N2N=C(c3cccs3)NN2c2ccccc2)cc1. The summed E-state index contributed by atoms with van der Waals surface area (Å²) in [4.78, 5) is 1.11. The third-order valence-electron chi connectivity index (χ3n) is 3.34. The number of thiophene rings is 1. The molecule has 5 heteroatoms. The first kappa shape index (κ1) is 12.9. The molecule has 4 nitrogen and oxygen atoms in total. The zero-order chi connectivity index (χ0) is 14.8. The monoisotopic (exact) mass is 306 g/mol. The first-order valence-corrected chi connectivity index (χ1v) is 7.89. The molecular formula is C17H14N4S. The number of nitrogens with one attached hydrogen (secondary N) is 1. The molecule has 0 amide bonds. The van der Waals surface area contributed by atoms with E-state index in [1.165, 1.54) is 0 Å². The van der Waals surface area contributed by atoms with Gasteiger partial charge in [0.2, 0.25) is 0 Å². The van der Waals surface area contributed by atoms with Crippen LogP contribution >= 0.6 is 11.3 Å². The van der Waals surface area contributed by atoms with Crippen LogP contribution in [0.2, 0.25) is 0 Å². The van der Waals surface area contributed by atoms with E-state index in [0.29, 0.717) is 0 Å². The van der Waals surface area contributed by atoms with Crippen LogP contribution in [-0.4, -0.2) is 5.84 Å². The van der Waals surface area contributed by atoms with Gasteiger partial charge in [-0.1, -0.05) is 42.5 Å². The predicted octanol–water partition coefficient (Wildman–Crippen LogP) is 3.86. The Hall–Kier alpha value is -2.79. The van der Waals surface area contributed by atoms with E-state index in [1.54, 1.807) is 11.3 Å². The topological polar surface area (TPSA) is 30.9 Å². The maximum atomic E-state index is 4.73. The highest BCUT2D eigenvalue weighted by atomic mass is 32.1. The van der Waals surface area contributed by atoms with Gasteiger partial charge in [0.05, 0.1) is 16.3 Å². The summed E-state index contributed by atoms with van der Waals surface area (Å²) in [6.07, 6.45) is 0. The molecule has 1 aliphatic heterocycles. The summed E-state index contributed by atoms with van der Waals surface area (Å²) in [6, 6.07) is 24.3. The summed E-state index contributed by atoms with van der Waals surface area (Å²) in [5.74, 6) is 0.850. The van der Waals surface area contributed by atoms with Crippen molar-refractivity contribution in [3.8, 4) is 0 Å². The number of amidine groups is 1. The van der Waals surface area contributed by atoms with Crippen LogP contribution in [0.1, 0.15) is 4.88 Å². The van der Waals surface area contributed by atoms with E-state index in [-0.39, 0.29) is 0 Å². The van der Waals surface area contributed by atoms with Crippen LogP contribution in [0.3, 0.4) is 0 Å². The molecule has 4 rings (SSSR count). The molecular weight excluding hydrogens is 292 g/mol. The Morgan fingerprint density at radius 1 is 0.773 bits per heavy atom. The van der Waals surface area contributed by atoms with E-state index in [2.05, 4.69) is 29.0 Å². The van der Waals surface area contributed by atoms with E-state index >= 15 is 0 Å². The lowest BCUT2D eigenvalue weighted by Gasteiger charge is -2.27. The third-order valence-corrected chi connectivity index (χ3v) is 4.22. The fourth-order valence-corrected chi connectivity index (χ4v) is 2.96. The lowest BCUT2D eigenvalue weighted by atomic mass is 10.3. The average molecular weight is 306 g/mol. The molecule has 0 saturated carbocycles. The second kappa shape index (κ2) is 5.54. The molecule has 108 valence electrons. The Morgan fingerprint density at radius 3 is 2.09 bits per heavy atom. The quantitative estimate of drug-likeness (QED) is 0.797. The minimum absolute atomic E-state index is 0.850. The second-order valence-electron chi connectivity index (χ2n) is 4.81. The zero-order valence-electron chi connectivity index (χ0n) is 11.8. The Labute approximate surface area is 132 Å². The van der Waals surface area contributed by atoms with Gasteiger partial charge < -0.3 is 0 Å². The van der Waals surface area contributed by atoms with Crippen molar-refractivity contribution >= 4 is 28.5 Å². The number of nitrogens with zero attached hydrogens (tertiary/aromatic N) is 3. The van der Waals surface area contributed by atoms with Crippen molar-refractivity contribution in [2.45, 2.75) is 0 Å². The van der Waals surface area contributed by atoms with Crippen molar-refractivity contribution in [3.05, 3.63) is 83.1 Å². The van der Waals surface area contributed by atoms with Gasteiger partial charge >= 0.3 is 0 Å². The molecule has 0 bridgehead atoms. The molecule has 0 atom stereocenters. The maximum Gasteiger partial charge on any atom is 0.186 e. The Balaban J connectivity index is 1.75. The summed E-state index contributed by atoms with van der Waals surface area (Å²) >= 11 is 1.67. The fourth-order valence-electron chi connectivity index (χ4n) is 2.30. The standard InChI is InChI=1S/C17H14N4S/c1-3-8-14(9-4-1)20-18-17(16-12-7-13-22-16)19-21(20)15-10-5-2-6-11-15/h1-13H,(H,18,19). The summed E-state index contributed by atoms with van der Waals surface area (Å²) in [6.45, 7) is 0. The van der Waals surface area contributed by atoms with E-state index in [1.807, 2.05) is 64.8 Å². The van der Waals surface area contributed by atoms with Gasteiger partial charge in [-0.3, -0.25) is 5.43 Å². The summed E-state index contributed by atoms with van der Waals surface area (Å²) < 4.78 is 0. The Kier molecular flexibility index (Phi) is 3.25. The highest BCUT2D eigenvalue weighted by Gasteiger charge is 2.26. The van der Waals surface area contributed by atoms with Gasteiger partial charge in [0.15, 0.2) is 5.84 Å². The van der Waals surface area contributed by atoms with Crippen LogP contribution < -0.4 is 15.7 Å². The normalized spacial score (nSPS) is 13.9. The number of para-hydroxylation sites is 2. The molecule has 2 heterocycles. The average Bonchev–Trinajstić information content (AvgIpc) is 3.26. The highest BCUT2D eigenvalue weighted by molar-refractivity contribution is 7.12. The largest absolute Gasteiger partial charge is 0.258 e. The predicted molar refractivity (Wildman–Crippen MR) is 91.8 cm³/mol. The van der Waals surface area contributed by atoms with E-state index < -0.39 is 0 Å². The van der Waals surface area contributed by atoms with Crippen molar-refractivity contribution in [2.24, 2.45) is 5.10 Å². The van der Waals surface area contributed by atoms with Gasteiger partial charge in [-0.05, 0) is 35.7 Å². The van der Waals surface area contributed by atoms with Crippen molar-refractivity contribution in [3.63, 3.8) is 0 Å². The van der Waals surface area contributed by atoms with Gasteiger partial charge in [0.25, 0.3) is 0 Å². The highest BCUT2D eigenvalue weighted by Crippen LogP contribution is 2.26. The molecule has 3 aromatic rings. The molecule has 1 aliphatic rings. The Morgan fingerprint density at radius 2 is 1.45 bits per heavy atom. The van der Waals surface area contributed by atoms with Crippen LogP contribution in [0.25, 0.3) is 0 Å². The lowest BCUT2D eigenvalue weighted by Crippen LogP contribution is -2.44. The summed E-state index contributed by atoms with van der Waals surface area (Å²) in [7, 11) is 0. The molecule has 0 unspecified atom stereocenters. The van der Waals surface area contributed by atoms with Crippen LogP contribution in [0.15, 0.2) is 83.3 Å². The van der Waals surface area contributed by atoms with Gasteiger partial charge in [0, 0.05) is 0 Å². The first-order chi connectivity index (χ1) is 10.9. The number of hydrogen-bond acceptors (Lipinski definition) is 5. The van der Waals surface area contributed by atoms with Gasteiger partial charge in [0.1, 0.15) is 0 Å². The van der Waals surface area contributed by atoms with Crippen molar-refractivity contribution in [2.75, 3.05) is 10.2 Å². The van der Waals surface area contributed by atoms with Crippen LogP contribution in [-0.2, 0) is 0 Å². The summed E-state index contributed by atoms with van der Waals surface area (Å²) in [5.41, 5.74) is 5.41. The maximum absolute atomic E-state index is 4.73. The minimum atomic E-state index is 0.850. The van der Waals surface area contributed by atoms with E-state index in [0.717, 1.165) is 22.1 Å². The first-order valence-electron chi connectivity index (χ1n) is 7.01. The number of hydrogen-bond donors (Lipinski definition) is 1. The van der Waals surface area contributed by atoms with Gasteiger partial charge in [-0.2, -0.15) is 10.2 Å². The zero-order valence-corrected chi connectivity index (χ0v) is 12.6. The molecule has 0 aliphatic carbocycles. The smallest absolute Gasteiger partial charge is 0.186 e. The van der Waals surface area contributed by atoms with E-state index in [4.69, 9.17) is 5.10 Å². The van der Waals surface area contributed by atoms with Crippen molar-refractivity contribution < 1.29 is 0 Å². The molecule has 1 N–H and O–H groups in total. The number of hydrazone groups is 1. The lowest BCUT2D eigenvalue weighted by molar-refractivity contribution is 0.771. The molecule has 2 aromatic carbocycles. The molecule has 22 heavy (non-hydrogen) atoms. The van der Waals surface area contributed by atoms with Gasteiger partial charge in [-0.15, -0.1) is 16.4 Å². The number of anilines is 2. The molecule has 0 saturated heterocycles. The third kappa shape index (κ3) is 2.31. The Bertz CT molecular complexity index is 769. The number of hydrazine groups is 2. The molecule has 0 fully saturated rings. The summed E-state index contributed by atoms with van der Waals surface area (Å²) in [5, 5.41) is 10.6. The minimum Gasteiger partial charge on any atom is -0.258 e. The van der Waals surface area contributed by atoms with Crippen molar-refractivity contribution in [1.82, 2.24) is 5.43 Å². The molecule has 1 aromatic heterocycles. The van der Waals surface area contributed by atoms with Crippen LogP contribution in [0, 0.1) is 0 Å². The van der Waals surface area contributed by atoms with E-state index in [9.17, 15) is 0 Å². The number of benzene rings is 2. The van der Waals surface area contributed by atoms with Crippen LogP contribution in [0.5, 0.6) is 0 Å². The van der Waals surface area contributed by atoms with Crippen molar-refractivity contribution in [1.29, 1.82) is 0 Å². The van der Waals surface area contributed by atoms with Crippen LogP contribution in [0.4, 0.5) is 11.4 Å². The molecule has 0 spiro atoms. The number of rotatable bonds is 3. The fraction of sp³-hybridized carbons (Fsp3) is 0. The van der Waals surface area contributed by atoms with Gasteiger partial charge in [-0.25, -0.2) is 0 Å². The second-order valence-corrected chi connectivity index (χ2v) is 5.76.